The van der Waals surface area contributed by atoms with Gasteiger partial charge in [-0.15, -0.1) is 0 Å². The highest BCUT2D eigenvalue weighted by atomic mass is 35.5. The van der Waals surface area contributed by atoms with Gasteiger partial charge in [-0.2, -0.15) is 0 Å². The predicted molar refractivity (Wildman–Crippen MR) is 93.5 cm³/mol. The summed E-state index contributed by atoms with van der Waals surface area (Å²) in [5.41, 5.74) is 0.776. The molecule has 0 aliphatic carbocycles. The van der Waals surface area contributed by atoms with Crippen LogP contribution in [0, 0.1) is 5.92 Å². The molecular formula is C17H17ClN2O3S. The van der Waals surface area contributed by atoms with Crippen LogP contribution in [0.3, 0.4) is 0 Å². The smallest absolute Gasteiger partial charge is 0.240 e. The van der Waals surface area contributed by atoms with Crippen molar-refractivity contribution in [2.75, 3.05) is 18.0 Å². The number of halogens is 1. The van der Waals surface area contributed by atoms with E-state index in [1.807, 2.05) is 0 Å². The molecule has 126 valence electrons. The van der Waals surface area contributed by atoms with Gasteiger partial charge < -0.3 is 4.90 Å². The SMILES string of the molecule is O=C1C[C@@H](CNS(=O)(=O)c2ccccc2)CN1c1ccc(Cl)cc1. The lowest BCUT2D eigenvalue weighted by Crippen LogP contribution is -2.31. The first-order valence-corrected chi connectivity index (χ1v) is 9.42. The molecule has 1 heterocycles. The maximum Gasteiger partial charge on any atom is 0.240 e. The normalized spacial score (nSPS) is 18.1. The lowest BCUT2D eigenvalue weighted by molar-refractivity contribution is -0.117. The number of rotatable bonds is 5. The number of carbonyl (C=O) groups is 1. The van der Waals surface area contributed by atoms with Gasteiger partial charge in [0.05, 0.1) is 4.90 Å². The molecule has 7 heteroatoms. The van der Waals surface area contributed by atoms with E-state index in [0.717, 1.165) is 5.69 Å². The highest BCUT2D eigenvalue weighted by Crippen LogP contribution is 2.26. The molecule has 1 fully saturated rings. The maximum atomic E-state index is 12.2. The van der Waals surface area contributed by atoms with Gasteiger partial charge in [0.2, 0.25) is 15.9 Å². The molecule has 2 aromatic rings. The van der Waals surface area contributed by atoms with Crippen LogP contribution in [0.4, 0.5) is 5.69 Å². The molecule has 2 aromatic carbocycles. The van der Waals surface area contributed by atoms with Crippen molar-refractivity contribution in [3.63, 3.8) is 0 Å². The monoisotopic (exact) mass is 364 g/mol. The van der Waals surface area contributed by atoms with Crippen LogP contribution in [0.25, 0.3) is 0 Å². The standard InChI is InChI=1S/C17H17ClN2O3S/c18-14-6-8-15(9-7-14)20-12-13(10-17(20)21)11-19-24(22,23)16-4-2-1-3-5-16/h1-9,13,19H,10-12H2/t13-/m0/s1. The third-order valence-corrected chi connectivity index (χ3v) is 5.65. The van der Waals surface area contributed by atoms with E-state index in [1.54, 1.807) is 59.5 Å². The fraction of sp³-hybridized carbons (Fsp3) is 0.235. The molecule has 1 saturated heterocycles. The molecule has 24 heavy (non-hydrogen) atoms. The van der Waals surface area contributed by atoms with Crippen molar-refractivity contribution < 1.29 is 13.2 Å². The lowest BCUT2D eigenvalue weighted by Gasteiger charge is -2.17. The number of hydrogen-bond donors (Lipinski definition) is 1. The molecule has 3 rings (SSSR count). The topological polar surface area (TPSA) is 66.5 Å². The molecule has 0 radical (unpaired) electrons. The third kappa shape index (κ3) is 3.77. The minimum absolute atomic E-state index is 0.0127. The first-order chi connectivity index (χ1) is 11.5. The van der Waals surface area contributed by atoms with Crippen LogP contribution in [0.5, 0.6) is 0 Å². The highest BCUT2D eigenvalue weighted by Gasteiger charge is 2.31. The van der Waals surface area contributed by atoms with Crippen molar-refractivity contribution in [1.29, 1.82) is 0 Å². The van der Waals surface area contributed by atoms with Crippen LogP contribution >= 0.6 is 11.6 Å². The first-order valence-electron chi connectivity index (χ1n) is 7.56. The van der Waals surface area contributed by atoms with Gasteiger partial charge in [0.15, 0.2) is 0 Å². The summed E-state index contributed by atoms with van der Waals surface area (Å²) in [4.78, 5) is 14.1. The van der Waals surface area contributed by atoms with E-state index in [0.29, 0.717) is 18.0 Å². The molecule has 0 saturated carbocycles. The lowest BCUT2D eigenvalue weighted by atomic mass is 10.1. The molecule has 1 aliphatic heterocycles. The quantitative estimate of drug-likeness (QED) is 0.887. The number of amides is 1. The van der Waals surface area contributed by atoms with Gasteiger partial charge in [-0.1, -0.05) is 29.8 Å². The molecule has 5 nitrogen and oxygen atoms in total. The Bertz CT molecular complexity index is 823. The summed E-state index contributed by atoms with van der Waals surface area (Å²) < 4.78 is 27.1. The van der Waals surface area contributed by atoms with Crippen molar-refractivity contribution in [3.05, 3.63) is 59.6 Å². The van der Waals surface area contributed by atoms with Crippen molar-refractivity contribution in [2.24, 2.45) is 5.92 Å². The van der Waals surface area contributed by atoms with Crippen molar-refractivity contribution in [2.45, 2.75) is 11.3 Å². The van der Waals surface area contributed by atoms with Crippen LogP contribution in [-0.2, 0) is 14.8 Å². The largest absolute Gasteiger partial charge is 0.312 e. The second-order valence-electron chi connectivity index (χ2n) is 5.72. The van der Waals surface area contributed by atoms with Gasteiger partial charge in [-0.05, 0) is 42.3 Å². The van der Waals surface area contributed by atoms with Crippen molar-refractivity contribution >= 4 is 33.2 Å². The summed E-state index contributed by atoms with van der Waals surface area (Å²) >= 11 is 5.86. The summed E-state index contributed by atoms with van der Waals surface area (Å²) in [6.45, 7) is 0.713. The number of nitrogens with one attached hydrogen (secondary N) is 1. The summed E-state index contributed by atoms with van der Waals surface area (Å²) in [5, 5.41) is 0.609. The van der Waals surface area contributed by atoms with Gasteiger partial charge in [0.25, 0.3) is 0 Å². The van der Waals surface area contributed by atoms with E-state index in [-0.39, 0.29) is 23.3 Å². The van der Waals surface area contributed by atoms with Crippen LogP contribution in [0.15, 0.2) is 59.5 Å². The molecule has 1 N–H and O–H groups in total. The number of hydrogen-bond acceptors (Lipinski definition) is 3. The molecule has 1 aliphatic rings. The van der Waals surface area contributed by atoms with E-state index in [2.05, 4.69) is 4.72 Å². The first kappa shape index (κ1) is 17.0. The van der Waals surface area contributed by atoms with Crippen LogP contribution in [-0.4, -0.2) is 27.4 Å². The summed E-state index contributed by atoms with van der Waals surface area (Å²) in [5.74, 6) is -0.0760. The number of nitrogens with zero attached hydrogens (tertiary/aromatic N) is 1. The minimum atomic E-state index is -3.55. The molecule has 1 amide bonds. The molecule has 1 atom stereocenters. The van der Waals surface area contributed by atoms with Crippen LogP contribution in [0.2, 0.25) is 5.02 Å². The molecular weight excluding hydrogens is 348 g/mol. The number of carbonyl (C=O) groups excluding carboxylic acids is 1. The highest BCUT2D eigenvalue weighted by molar-refractivity contribution is 7.89. The predicted octanol–water partition coefficient (Wildman–Crippen LogP) is 2.67. The molecule has 0 unspecified atom stereocenters. The van der Waals surface area contributed by atoms with Crippen molar-refractivity contribution in [1.82, 2.24) is 4.72 Å². The Labute approximate surface area is 146 Å². The Morgan fingerprint density at radius 2 is 1.75 bits per heavy atom. The van der Waals surface area contributed by atoms with E-state index in [9.17, 15) is 13.2 Å². The zero-order valence-corrected chi connectivity index (χ0v) is 14.4. The Kier molecular flexibility index (Phi) is 4.89. The van der Waals surface area contributed by atoms with Gasteiger partial charge in [0, 0.05) is 30.2 Å². The second-order valence-corrected chi connectivity index (χ2v) is 7.92. The number of sulfonamides is 1. The third-order valence-electron chi connectivity index (χ3n) is 3.96. The molecule has 0 bridgehead atoms. The fourth-order valence-electron chi connectivity index (χ4n) is 2.70. The number of benzene rings is 2. The number of anilines is 1. The van der Waals surface area contributed by atoms with E-state index in [1.165, 1.54) is 0 Å². The van der Waals surface area contributed by atoms with Crippen molar-refractivity contribution in [3.8, 4) is 0 Å². The minimum Gasteiger partial charge on any atom is -0.312 e. The summed E-state index contributed by atoms with van der Waals surface area (Å²) in [6.07, 6.45) is 0.319. The molecule has 0 aromatic heterocycles. The average molecular weight is 365 g/mol. The van der Waals surface area contributed by atoms with Gasteiger partial charge in [-0.3, -0.25) is 4.79 Å². The van der Waals surface area contributed by atoms with E-state index < -0.39 is 10.0 Å². The zero-order chi connectivity index (χ0) is 17.2. The second kappa shape index (κ2) is 6.93. The fourth-order valence-corrected chi connectivity index (χ4v) is 3.96. The van der Waals surface area contributed by atoms with E-state index >= 15 is 0 Å². The summed E-state index contributed by atoms with van der Waals surface area (Å²) in [7, 11) is -3.55. The average Bonchev–Trinajstić information content (AvgIpc) is 2.96. The molecule has 0 spiro atoms. The Balaban J connectivity index is 1.63. The Morgan fingerprint density at radius 1 is 1.08 bits per heavy atom. The maximum absolute atomic E-state index is 12.2. The zero-order valence-electron chi connectivity index (χ0n) is 12.9. The Morgan fingerprint density at radius 3 is 2.42 bits per heavy atom. The van der Waals surface area contributed by atoms with E-state index in [4.69, 9.17) is 11.6 Å². The van der Waals surface area contributed by atoms with Gasteiger partial charge in [-0.25, -0.2) is 13.1 Å². The van der Waals surface area contributed by atoms with Gasteiger partial charge >= 0.3 is 0 Å². The van der Waals surface area contributed by atoms with Crippen LogP contribution < -0.4 is 9.62 Å². The summed E-state index contributed by atoms with van der Waals surface area (Å²) in [6, 6.07) is 15.2. The van der Waals surface area contributed by atoms with Crippen LogP contribution in [0.1, 0.15) is 6.42 Å². The Hall–Kier alpha value is -1.89. The van der Waals surface area contributed by atoms with Gasteiger partial charge in [0.1, 0.15) is 0 Å².